The van der Waals surface area contributed by atoms with E-state index >= 15 is 0 Å². The molecular weight excluding hydrogens is 367 g/mol. The van der Waals surface area contributed by atoms with Crippen molar-refractivity contribution in [2.75, 3.05) is 58.7 Å². The number of nitro benzene ring substituents is 1. The molecule has 0 fully saturated rings. The van der Waals surface area contributed by atoms with Crippen molar-refractivity contribution in [2.45, 2.75) is 0 Å². The van der Waals surface area contributed by atoms with Crippen LogP contribution in [0.4, 0.5) is 15.8 Å². The Kier molecular flexibility index (Phi) is 8.64. The quantitative estimate of drug-likeness (QED) is 0.311. The summed E-state index contributed by atoms with van der Waals surface area (Å²) in [6.45, 7) is 0.755. The van der Waals surface area contributed by atoms with Crippen LogP contribution < -0.4 is 9.64 Å². The standard InChI is InChI=1S/C20H25FN2O5/c1-22(2)17-5-3-16(4-6-17)19-8-7-18(15-20(19)23(24)25)28-14-13-27-12-11-26-10-9-21/h3-8,15H,9-14H2,1-2H3. The van der Waals surface area contributed by atoms with Crippen LogP contribution in [-0.2, 0) is 9.47 Å². The Bertz CT molecular complexity index is 753. The summed E-state index contributed by atoms with van der Waals surface area (Å²) in [5.74, 6) is 0.401. The van der Waals surface area contributed by atoms with E-state index in [0.29, 0.717) is 31.1 Å². The molecule has 2 aromatic carbocycles. The summed E-state index contributed by atoms with van der Waals surface area (Å²) in [5.41, 5.74) is 2.29. The minimum Gasteiger partial charge on any atom is -0.491 e. The van der Waals surface area contributed by atoms with Gasteiger partial charge in [-0.1, -0.05) is 12.1 Å². The maximum absolute atomic E-state index is 11.9. The highest BCUT2D eigenvalue weighted by atomic mass is 19.1. The van der Waals surface area contributed by atoms with Gasteiger partial charge in [0.2, 0.25) is 0 Å². The second kappa shape index (κ2) is 11.2. The van der Waals surface area contributed by atoms with Gasteiger partial charge in [-0.15, -0.1) is 0 Å². The Labute approximate surface area is 163 Å². The molecular formula is C20H25FN2O5. The lowest BCUT2D eigenvalue weighted by atomic mass is 10.0. The lowest BCUT2D eigenvalue weighted by Crippen LogP contribution is -2.11. The van der Waals surface area contributed by atoms with Gasteiger partial charge in [-0.2, -0.15) is 0 Å². The zero-order chi connectivity index (χ0) is 20.4. The topological polar surface area (TPSA) is 74.1 Å². The number of ether oxygens (including phenoxy) is 3. The molecule has 0 aromatic heterocycles. The van der Waals surface area contributed by atoms with Gasteiger partial charge >= 0.3 is 0 Å². The SMILES string of the molecule is CN(C)c1ccc(-c2ccc(OCCOCCOCCF)cc2[N+](=O)[O-])cc1. The highest BCUT2D eigenvalue weighted by molar-refractivity contribution is 5.75. The van der Waals surface area contributed by atoms with Crippen LogP contribution in [0.3, 0.4) is 0 Å². The fourth-order valence-electron chi connectivity index (χ4n) is 2.53. The molecule has 0 N–H and O–H groups in total. The summed E-state index contributed by atoms with van der Waals surface area (Å²) in [7, 11) is 3.87. The molecule has 0 saturated carbocycles. The number of benzene rings is 2. The fraction of sp³-hybridized carbons (Fsp3) is 0.400. The highest BCUT2D eigenvalue weighted by Gasteiger charge is 2.17. The number of alkyl halides is 1. The third-order valence-electron chi connectivity index (χ3n) is 3.95. The molecule has 2 aromatic rings. The Balaban J connectivity index is 1.96. The fourth-order valence-corrected chi connectivity index (χ4v) is 2.53. The molecule has 152 valence electrons. The number of nitro groups is 1. The van der Waals surface area contributed by atoms with E-state index in [1.54, 1.807) is 12.1 Å². The van der Waals surface area contributed by atoms with Gasteiger partial charge in [-0.25, -0.2) is 4.39 Å². The average molecular weight is 392 g/mol. The van der Waals surface area contributed by atoms with E-state index in [0.717, 1.165) is 11.3 Å². The van der Waals surface area contributed by atoms with Crippen LogP contribution in [0.25, 0.3) is 11.1 Å². The molecule has 2 rings (SSSR count). The predicted molar refractivity (Wildman–Crippen MR) is 106 cm³/mol. The lowest BCUT2D eigenvalue weighted by Gasteiger charge is -2.13. The van der Waals surface area contributed by atoms with E-state index in [2.05, 4.69) is 0 Å². The molecule has 0 unspecified atom stereocenters. The van der Waals surface area contributed by atoms with E-state index in [-0.39, 0.29) is 18.9 Å². The number of anilines is 1. The number of halogens is 1. The van der Waals surface area contributed by atoms with Crippen molar-refractivity contribution >= 4 is 11.4 Å². The second-order valence-corrected chi connectivity index (χ2v) is 6.14. The molecule has 0 aliphatic heterocycles. The minimum absolute atomic E-state index is 0.0179. The molecule has 0 spiro atoms. The molecule has 0 heterocycles. The summed E-state index contributed by atoms with van der Waals surface area (Å²) >= 11 is 0. The highest BCUT2D eigenvalue weighted by Crippen LogP contribution is 2.33. The molecule has 0 amide bonds. The molecule has 0 saturated heterocycles. The number of hydrogen-bond donors (Lipinski definition) is 0. The van der Waals surface area contributed by atoms with Gasteiger partial charge in [0.05, 0.1) is 43.0 Å². The average Bonchev–Trinajstić information content (AvgIpc) is 2.70. The Hall–Kier alpha value is -2.71. The van der Waals surface area contributed by atoms with Crippen molar-refractivity contribution in [1.82, 2.24) is 0 Å². The molecule has 7 nitrogen and oxygen atoms in total. The monoisotopic (exact) mass is 392 g/mol. The number of hydrogen-bond acceptors (Lipinski definition) is 6. The predicted octanol–water partition coefficient (Wildman–Crippen LogP) is 3.71. The van der Waals surface area contributed by atoms with Crippen LogP contribution in [0, 0.1) is 10.1 Å². The van der Waals surface area contributed by atoms with E-state index in [4.69, 9.17) is 14.2 Å². The number of nitrogens with zero attached hydrogens (tertiary/aromatic N) is 2. The smallest absolute Gasteiger partial charge is 0.280 e. The number of rotatable bonds is 12. The first kappa shape index (κ1) is 21.6. The summed E-state index contributed by atoms with van der Waals surface area (Å²) in [6, 6.07) is 12.3. The molecule has 0 aliphatic carbocycles. The first-order valence-electron chi connectivity index (χ1n) is 8.93. The second-order valence-electron chi connectivity index (χ2n) is 6.14. The van der Waals surface area contributed by atoms with Crippen molar-refractivity contribution in [1.29, 1.82) is 0 Å². The van der Waals surface area contributed by atoms with E-state index in [9.17, 15) is 14.5 Å². The maximum Gasteiger partial charge on any atom is 0.280 e. The third-order valence-corrected chi connectivity index (χ3v) is 3.95. The van der Waals surface area contributed by atoms with Crippen molar-refractivity contribution < 1.29 is 23.5 Å². The molecule has 0 atom stereocenters. The molecule has 28 heavy (non-hydrogen) atoms. The Morgan fingerprint density at radius 3 is 2.21 bits per heavy atom. The Morgan fingerprint density at radius 1 is 0.964 bits per heavy atom. The van der Waals surface area contributed by atoms with Gasteiger partial charge in [-0.05, 0) is 29.8 Å². The van der Waals surface area contributed by atoms with E-state index in [1.165, 1.54) is 6.07 Å². The molecule has 8 heteroatoms. The summed E-state index contributed by atoms with van der Waals surface area (Å²) in [5, 5.41) is 11.5. The summed E-state index contributed by atoms with van der Waals surface area (Å²) in [6.07, 6.45) is 0. The van der Waals surface area contributed by atoms with Gasteiger partial charge in [0.15, 0.2) is 0 Å². The first-order chi connectivity index (χ1) is 13.5. The minimum atomic E-state index is -0.516. The van der Waals surface area contributed by atoms with Gasteiger partial charge < -0.3 is 19.1 Å². The van der Waals surface area contributed by atoms with Gasteiger partial charge in [0, 0.05) is 19.8 Å². The largest absolute Gasteiger partial charge is 0.491 e. The normalized spacial score (nSPS) is 10.7. The summed E-state index contributed by atoms with van der Waals surface area (Å²) in [4.78, 5) is 13.0. The van der Waals surface area contributed by atoms with Crippen LogP contribution in [-0.4, -0.2) is 58.7 Å². The van der Waals surface area contributed by atoms with Crippen molar-refractivity contribution in [2.24, 2.45) is 0 Å². The van der Waals surface area contributed by atoms with Crippen LogP contribution in [0.1, 0.15) is 0 Å². The van der Waals surface area contributed by atoms with E-state index < -0.39 is 11.6 Å². The Morgan fingerprint density at radius 2 is 1.61 bits per heavy atom. The van der Waals surface area contributed by atoms with Crippen molar-refractivity contribution in [3.63, 3.8) is 0 Å². The van der Waals surface area contributed by atoms with Gasteiger partial charge in [0.25, 0.3) is 5.69 Å². The van der Waals surface area contributed by atoms with Crippen LogP contribution in [0.15, 0.2) is 42.5 Å². The molecule has 0 radical (unpaired) electrons. The van der Waals surface area contributed by atoms with Crippen LogP contribution in [0.5, 0.6) is 5.75 Å². The molecule has 0 bridgehead atoms. The van der Waals surface area contributed by atoms with Crippen molar-refractivity contribution in [3.05, 3.63) is 52.6 Å². The van der Waals surface area contributed by atoms with Gasteiger partial charge in [-0.3, -0.25) is 10.1 Å². The van der Waals surface area contributed by atoms with E-state index in [1.807, 2.05) is 43.3 Å². The lowest BCUT2D eigenvalue weighted by molar-refractivity contribution is -0.384. The van der Waals surface area contributed by atoms with Crippen LogP contribution >= 0.6 is 0 Å². The van der Waals surface area contributed by atoms with Crippen molar-refractivity contribution in [3.8, 4) is 16.9 Å². The third kappa shape index (κ3) is 6.47. The van der Waals surface area contributed by atoms with Crippen LogP contribution in [0.2, 0.25) is 0 Å². The van der Waals surface area contributed by atoms with Gasteiger partial charge in [0.1, 0.15) is 19.0 Å². The zero-order valence-electron chi connectivity index (χ0n) is 16.1. The molecule has 0 aliphatic rings. The summed E-state index contributed by atoms with van der Waals surface area (Å²) < 4.78 is 27.6. The first-order valence-corrected chi connectivity index (χ1v) is 8.93. The maximum atomic E-state index is 11.9. The zero-order valence-corrected chi connectivity index (χ0v) is 16.1.